The first kappa shape index (κ1) is 22.9. The highest BCUT2D eigenvalue weighted by molar-refractivity contribution is 7.14. The minimum absolute atomic E-state index is 0.0538. The van der Waals surface area contributed by atoms with Crippen LogP contribution in [0.25, 0.3) is 11.0 Å². The van der Waals surface area contributed by atoms with E-state index >= 15 is 0 Å². The Bertz CT molecular complexity index is 1240. The Balaban J connectivity index is 1.88. The van der Waals surface area contributed by atoms with Gasteiger partial charge in [-0.1, -0.05) is 0 Å². The molecule has 0 fully saturated rings. The molecule has 0 aromatic carbocycles. The van der Waals surface area contributed by atoms with Crippen molar-refractivity contribution in [3.05, 3.63) is 49.8 Å². The van der Waals surface area contributed by atoms with Gasteiger partial charge < -0.3 is 30.3 Å². The van der Waals surface area contributed by atoms with E-state index in [0.717, 1.165) is 11.3 Å². The van der Waals surface area contributed by atoms with E-state index in [2.05, 4.69) is 20.3 Å². The molecule has 1 amide bonds. The molecule has 0 radical (unpaired) electrons. The highest BCUT2D eigenvalue weighted by Crippen LogP contribution is 2.35. The molecule has 2 atom stereocenters. The maximum absolute atomic E-state index is 12.5. The first-order valence-corrected chi connectivity index (χ1v) is 10.4. The number of aldehydes is 1. The van der Waals surface area contributed by atoms with Gasteiger partial charge in [0.05, 0.1) is 10.3 Å². The number of thiophene rings is 1. The highest BCUT2D eigenvalue weighted by Gasteiger charge is 2.25. The van der Waals surface area contributed by atoms with Crippen LogP contribution in [-0.4, -0.2) is 55.3 Å². The summed E-state index contributed by atoms with van der Waals surface area (Å²) in [4.78, 5) is 69.0. The number of nitrogens with one attached hydrogen (secondary N) is 3. The lowest BCUT2D eigenvalue weighted by atomic mass is 9.95. The number of carbonyl (C=O) groups is 4. The van der Waals surface area contributed by atoms with Gasteiger partial charge in [-0.25, -0.2) is 9.78 Å². The number of carbonyl (C=O) groups excluding carboxylic acids is 2. The summed E-state index contributed by atoms with van der Waals surface area (Å²) in [5.41, 5.74) is 0.589. The van der Waals surface area contributed by atoms with Gasteiger partial charge in [0.1, 0.15) is 23.8 Å². The van der Waals surface area contributed by atoms with Crippen LogP contribution in [0.3, 0.4) is 0 Å². The van der Waals surface area contributed by atoms with E-state index in [4.69, 9.17) is 5.11 Å². The third kappa shape index (κ3) is 4.91. The molecule has 1 unspecified atom stereocenters. The van der Waals surface area contributed by atoms with Crippen LogP contribution >= 0.6 is 11.3 Å². The molecule has 12 heteroatoms. The summed E-state index contributed by atoms with van der Waals surface area (Å²) in [6.07, 6.45) is 1.71. The summed E-state index contributed by atoms with van der Waals surface area (Å²) in [6.45, 7) is 1.65. The Morgan fingerprint density at radius 3 is 2.69 bits per heavy atom. The molecule has 3 aromatic heterocycles. The SMILES string of the molecule is Cc1nc2[nH]cc(C(CC=O)c3ccc(C(=O)N[C@@H](CCC(=O)O)C(=O)O)s3)c2c(=O)[nH]1. The molecule has 0 aliphatic rings. The Morgan fingerprint density at radius 1 is 1.28 bits per heavy atom. The van der Waals surface area contributed by atoms with Crippen LogP contribution in [0.15, 0.2) is 23.1 Å². The maximum atomic E-state index is 12.5. The van der Waals surface area contributed by atoms with E-state index in [0.29, 0.717) is 33.6 Å². The third-order valence-electron chi connectivity index (χ3n) is 4.84. The maximum Gasteiger partial charge on any atom is 0.326 e. The summed E-state index contributed by atoms with van der Waals surface area (Å²) in [5, 5.41) is 20.6. The van der Waals surface area contributed by atoms with E-state index in [1.807, 2.05) is 0 Å². The molecule has 0 saturated carbocycles. The smallest absolute Gasteiger partial charge is 0.326 e. The fourth-order valence-electron chi connectivity index (χ4n) is 3.36. The number of amides is 1. The zero-order chi connectivity index (χ0) is 23.4. The molecule has 0 aliphatic heterocycles. The van der Waals surface area contributed by atoms with Gasteiger partial charge in [0, 0.05) is 29.8 Å². The van der Waals surface area contributed by atoms with Crippen molar-refractivity contribution in [1.29, 1.82) is 0 Å². The van der Waals surface area contributed by atoms with Crippen molar-refractivity contribution in [2.24, 2.45) is 0 Å². The van der Waals surface area contributed by atoms with E-state index < -0.39 is 36.2 Å². The Labute approximate surface area is 184 Å². The normalized spacial score (nSPS) is 12.9. The Kier molecular flexibility index (Phi) is 6.83. The van der Waals surface area contributed by atoms with Gasteiger partial charge in [0.2, 0.25) is 0 Å². The monoisotopic (exact) mass is 460 g/mol. The van der Waals surface area contributed by atoms with Gasteiger partial charge in [-0.3, -0.25) is 14.4 Å². The predicted octanol–water partition coefficient (Wildman–Crippen LogP) is 1.39. The molecule has 0 saturated heterocycles. The van der Waals surface area contributed by atoms with E-state index in [9.17, 15) is 29.1 Å². The first-order chi connectivity index (χ1) is 15.2. The first-order valence-electron chi connectivity index (χ1n) is 9.58. The van der Waals surface area contributed by atoms with Gasteiger partial charge in [-0.2, -0.15) is 0 Å². The minimum atomic E-state index is -1.35. The molecule has 168 valence electrons. The van der Waals surface area contributed by atoms with Crippen molar-refractivity contribution < 1.29 is 29.4 Å². The fraction of sp³-hybridized carbons (Fsp3) is 0.300. The number of hydrogen-bond donors (Lipinski definition) is 5. The number of H-pyrrole nitrogens is 2. The predicted molar refractivity (Wildman–Crippen MR) is 114 cm³/mol. The van der Waals surface area contributed by atoms with Crippen molar-refractivity contribution in [3.63, 3.8) is 0 Å². The molecule has 0 aliphatic carbocycles. The molecule has 3 heterocycles. The zero-order valence-corrected chi connectivity index (χ0v) is 17.7. The molecule has 32 heavy (non-hydrogen) atoms. The van der Waals surface area contributed by atoms with Crippen LogP contribution in [0.1, 0.15) is 51.1 Å². The summed E-state index contributed by atoms with van der Waals surface area (Å²) < 4.78 is 0. The van der Waals surface area contributed by atoms with Crippen LogP contribution in [0.5, 0.6) is 0 Å². The van der Waals surface area contributed by atoms with Crippen LogP contribution in [0.4, 0.5) is 0 Å². The lowest BCUT2D eigenvalue weighted by Gasteiger charge is -2.13. The largest absolute Gasteiger partial charge is 0.481 e. The second kappa shape index (κ2) is 9.56. The molecule has 5 N–H and O–H groups in total. The molecule has 0 bridgehead atoms. The van der Waals surface area contributed by atoms with E-state index in [1.165, 1.54) is 6.07 Å². The number of carboxylic acid groups (broad SMARTS) is 2. The number of aromatic nitrogens is 3. The molecular weight excluding hydrogens is 440 g/mol. The quantitative estimate of drug-likeness (QED) is 0.281. The van der Waals surface area contributed by atoms with Crippen LogP contribution < -0.4 is 10.9 Å². The third-order valence-corrected chi connectivity index (χ3v) is 6.04. The van der Waals surface area contributed by atoms with Crippen LogP contribution in [-0.2, 0) is 14.4 Å². The van der Waals surface area contributed by atoms with Crippen molar-refractivity contribution in [1.82, 2.24) is 20.3 Å². The fourth-order valence-corrected chi connectivity index (χ4v) is 4.40. The molecule has 3 rings (SSSR count). The van der Waals surface area contributed by atoms with Crippen molar-refractivity contribution in [2.75, 3.05) is 0 Å². The summed E-state index contributed by atoms with van der Waals surface area (Å²) in [6, 6.07) is 1.77. The number of aryl methyl sites for hydroxylation is 1. The zero-order valence-electron chi connectivity index (χ0n) is 16.9. The van der Waals surface area contributed by atoms with Crippen molar-refractivity contribution in [3.8, 4) is 0 Å². The van der Waals surface area contributed by atoms with Gasteiger partial charge in [-0.05, 0) is 31.0 Å². The summed E-state index contributed by atoms with van der Waals surface area (Å²) in [5.74, 6) is -3.25. The standard InChI is InChI=1S/C20H20N4O7S/c1-9-22-17-16(19(29)23-9)11(8-21-17)10(6-7-25)13-3-4-14(32-13)18(28)24-12(20(30)31)2-5-15(26)27/h3-4,7-8,10,12H,2,5-6H2,1H3,(H,24,28)(H,26,27)(H,30,31)(H2,21,22,23,29)/t10?,12-/m0/s1. The second-order valence-electron chi connectivity index (χ2n) is 7.07. The average molecular weight is 460 g/mol. The number of aliphatic carboxylic acids is 2. The number of rotatable bonds is 10. The summed E-state index contributed by atoms with van der Waals surface area (Å²) >= 11 is 1.06. The Hall–Kier alpha value is -3.80. The minimum Gasteiger partial charge on any atom is -0.481 e. The van der Waals surface area contributed by atoms with E-state index in [-0.39, 0.29) is 23.3 Å². The van der Waals surface area contributed by atoms with Crippen molar-refractivity contribution in [2.45, 2.75) is 38.1 Å². The van der Waals surface area contributed by atoms with Crippen LogP contribution in [0.2, 0.25) is 0 Å². The van der Waals surface area contributed by atoms with Crippen molar-refractivity contribution >= 4 is 46.5 Å². The molecular formula is C20H20N4O7S. The number of carboxylic acids is 2. The molecule has 0 spiro atoms. The number of hydrogen-bond acceptors (Lipinski definition) is 7. The van der Waals surface area contributed by atoms with Gasteiger partial charge in [0.15, 0.2) is 0 Å². The van der Waals surface area contributed by atoms with Gasteiger partial charge in [0.25, 0.3) is 11.5 Å². The lowest BCUT2D eigenvalue weighted by Crippen LogP contribution is -2.40. The summed E-state index contributed by atoms with van der Waals surface area (Å²) in [7, 11) is 0. The van der Waals surface area contributed by atoms with Gasteiger partial charge >= 0.3 is 11.9 Å². The van der Waals surface area contributed by atoms with Gasteiger partial charge in [-0.15, -0.1) is 11.3 Å². The Morgan fingerprint density at radius 2 is 2.03 bits per heavy atom. The number of aromatic amines is 2. The second-order valence-corrected chi connectivity index (χ2v) is 8.19. The lowest BCUT2D eigenvalue weighted by molar-refractivity contribution is -0.140. The average Bonchev–Trinajstić information content (AvgIpc) is 3.36. The number of nitrogens with zero attached hydrogens (tertiary/aromatic N) is 1. The molecule has 11 nitrogen and oxygen atoms in total. The van der Waals surface area contributed by atoms with E-state index in [1.54, 1.807) is 19.2 Å². The topological polar surface area (TPSA) is 182 Å². The van der Waals surface area contributed by atoms with Crippen LogP contribution in [0, 0.1) is 6.92 Å². The molecule has 3 aromatic rings. The number of fused-ring (bicyclic) bond motifs is 1. The highest BCUT2D eigenvalue weighted by atomic mass is 32.1.